The number of halogens is 4. The third-order valence-electron chi connectivity index (χ3n) is 5.18. The highest BCUT2D eigenvalue weighted by molar-refractivity contribution is 6.33. The van der Waals surface area contributed by atoms with Crippen LogP contribution in [0.4, 0.5) is 29.3 Å². The van der Waals surface area contributed by atoms with E-state index in [1.54, 1.807) is 12.1 Å². The summed E-state index contributed by atoms with van der Waals surface area (Å²) in [5, 5.41) is 5.07. The van der Waals surface area contributed by atoms with Crippen LogP contribution in [-0.2, 0) is 4.79 Å². The summed E-state index contributed by atoms with van der Waals surface area (Å²) in [5.74, 6) is -0.798. The first-order valence-electron chi connectivity index (χ1n) is 9.71. The largest absolute Gasteiger partial charge is 0.405 e. The Labute approximate surface area is 172 Å². The number of benzene rings is 1. The SMILES string of the molecule is O=C(NCC(F)(F)F)C1CCCN1C(=O)Nc1ccc(N2CCCCC2)c(Cl)c1. The van der Waals surface area contributed by atoms with Gasteiger partial charge in [-0.3, -0.25) is 4.79 Å². The maximum atomic E-state index is 12.6. The number of alkyl halides is 3. The Balaban J connectivity index is 1.61. The number of rotatable bonds is 4. The van der Waals surface area contributed by atoms with Crippen molar-refractivity contribution < 1.29 is 22.8 Å². The summed E-state index contributed by atoms with van der Waals surface area (Å²) < 4.78 is 37.0. The molecule has 3 rings (SSSR count). The molecular formula is C19H24ClF3N4O2. The van der Waals surface area contributed by atoms with Gasteiger partial charge in [-0.15, -0.1) is 0 Å². The number of urea groups is 1. The maximum Gasteiger partial charge on any atom is 0.405 e. The minimum Gasteiger partial charge on any atom is -0.370 e. The standard InChI is InChI=1S/C19H24ClF3N4O2/c20-14-11-13(6-7-15(14)26-8-2-1-3-9-26)25-18(29)27-10-4-5-16(27)17(28)24-12-19(21,22)23/h6-7,11,16H,1-5,8-10,12H2,(H,24,28)(H,25,29). The molecule has 2 heterocycles. The van der Waals surface area contributed by atoms with Gasteiger partial charge in [0.2, 0.25) is 5.91 Å². The van der Waals surface area contributed by atoms with Crippen LogP contribution in [0.3, 0.4) is 0 Å². The van der Waals surface area contributed by atoms with Crippen LogP contribution in [0.15, 0.2) is 18.2 Å². The molecule has 0 aromatic heterocycles. The highest BCUT2D eigenvalue weighted by Crippen LogP contribution is 2.31. The number of anilines is 2. The molecule has 3 amide bonds. The van der Waals surface area contributed by atoms with Gasteiger partial charge < -0.3 is 20.4 Å². The van der Waals surface area contributed by atoms with Gasteiger partial charge in [-0.1, -0.05) is 11.6 Å². The molecule has 1 aromatic carbocycles. The van der Waals surface area contributed by atoms with E-state index >= 15 is 0 Å². The van der Waals surface area contributed by atoms with E-state index in [0.717, 1.165) is 31.6 Å². The summed E-state index contributed by atoms with van der Waals surface area (Å²) in [5.41, 5.74) is 1.39. The van der Waals surface area contributed by atoms with Gasteiger partial charge in [0.15, 0.2) is 0 Å². The van der Waals surface area contributed by atoms with Crippen molar-refractivity contribution in [1.29, 1.82) is 0 Å². The highest BCUT2D eigenvalue weighted by atomic mass is 35.5. The van der Waals surface area contributed by atoms with Crippen molar-refractivity contribution in [2.45, 2.75) is 44.3 Å². The van der Waals surface area contributed by atoms with Gasteiger partial charge in [0, 0.05) is 25.3 Å². The molecule has 0 radical (unpaired) electrons. The van der Waals surface area contributed by atoms with E-state index in [2.05, 4.69) is 10.2 Å². The van der Waals surface area contributed by atoms with E-state index in [1.165, 1.54) is 11.3 Å². The van der Waals surface area contributed by atoms with Crippen LogP contribution in [0.25, 0.3) is 0 Å². The fraction of sp³-hybridized carbons (Fsp3) is 0.579. The van der Waals surface area contributed by atoms with Gasteiger partial charge in [-0.2, -0.15) is 13.2 Å². The zero-order valence-electron chi connectivity index (χ0n) is 15.9. The molecule has 29 heavy (non-hydrogen) atoms. The van der Waals surface area contributed by atoms with Crippen LogP contribution in [0.2, 0.25) is 5.02 Å². The molecule has 2 aliphatic heterocycles. The summed E-state index contributed by atoms with van der Waals surface area (Å²) in [6, 6.07) is 3.79. The molecule has 2 fully saturated rings. The lowest BCUT2D eigenvalue weighted by Gasteiger charge is -2.30. The number of likely N-dealkylation sites (tertiary alicyclic amines) is 1. The summed E-state index contributed by atoms with van der Waals surface area (Å²) in [6.07, 6.45) is -0.189. The molecule has 6 nitrogen and oxygen atoms in total. The molecule has 10 heteroatoms. The zero-order chi connectivity index (χ0) is 21.0. The molecule has 1 unspecified atom stereocenters. The number of amides is 3. The Morgan fingerprint density at radius 3 is 2.48 bits per heavy atom. The Hall–Kier alpha value is -2.16. The highest BCUT2D eigenvalue weighted by Gasteiger charge is 2.36. The second kappa shape index (κ2) is 9.11. The Kier molecular flexibility index (Phi) is 6.77. The van der Waals surface area contributed by atoms with Crippen molar-refractivity contribution in [2.24, 2.45) is 0 Å². The lowest BCUT2D eigenvalue weighted by atomic mass is 10.1. The number of nitrogens with zero attached hydrogens (tertiary/aromatic N) is 2. The molecule has 160 valence electrons. The normalized spacial score (nSPS) is 19.9. The molecule has 0 spiro atoms. The van der Waals surface area contributed by atoms with Gasteiger partial charge >= 0.3 is 12.2 Å². The maximum absolute atomic E-state index is 12.6. The first kappa shape index (κ1) is 21.5. The monoisotopic (exact) mass is 432 g/mol. The number of piperidine rings is 1. The van der Waals surface area contributed by atoms with E-state index in [0.29, 0.717) is 30.1 Å². The topological polar surface area (TPSA) is 64.7 Å². The van der Waals surface area contributed by atoms with Crippen LogP contribution < -0.4 is 15.5 Å². The van der Waals surface area contributed by atoms with Crippen molar-refractivity contribution >= 4 is 34.9 Å². The van der Waals surface area contributed by atoms with Gasteiger partial charge in [0.1, 0.15) is 12.6 Å². The van der Waals surface area contributed by atoms with Crippen molar-refractivity contribution in [3.8, 4) is 0 Å². The summed E-state index contributed by atoms with van der Waals surface area (Å²) in [7, 11) is 0. The van der Waals surface area contributed by atoms with Crippen molar-refractivity contribution in [1.82, 2.24) is 10.2 Å². The molecule has 2 N–H and O–H groups in total. The van der Waals surface area contributed by atoms with Crippen molar-refractivity contribution in [2.75, 3.05) is 36.4 Å². The van der Waals surface area contributed by atoms with E-state index in [9.17, 15) is 22.8 Å². The Morgan fingerprint density at radius 2 is 1.83 bits per heavy atom. The van der Waals surface area contributed by atoms with Crippen LogP contribution in [0, 0.1) is 0 Å². The van der Waals surface area contributed by atoms with E-state index in [4.69, 9.17) is 11.6 Å². The summed E-state index contributed by atoms with van der Waals surface area (Å²) in [4.78, 5) is 28.1. The Morgan fingerprint density at radius 1 is 1.10 bits per heavy atom. The minimum absolute atomic E-state index is 0.301. The third kappa shape index (κ3) is 5.68. The van der Waals surface area contributed by atoms with Crippen molar-refractivity contribution in [3.63, 3.8) is 0 Å². The predicted molar refractivity (Wildman–Crippen MR) is 105 cm³/mol. The fourth-order valence-corrected chi connectivity index (χ4v) is 4.06. The third-order valence-corrected chi connectivity index (χ3v) is 5.48. The molecule has 2 aliphatic rings. The fourth-order valence-electron chi connectivity index (χ4n) is 3.76. The van der Waals surface area contributed by atoms with Gasteiger partial charge in [-0.05, 0) is 50.3 Å². The van der Waals surface area contributed by atoms with E-state index < -0.39 is 30.7 Å². The molecular weight excluding hydrogens is 409 g/mol. The smallest absolute Gasteiger partial charge is 0.370 e. The lowest BCUT2D eigenvalue weighted by molar-refractivity contribution is -0.140. The van der Waals surface area contributed by atoms with Crippen LogP contribution in [0.5, 0.6) is 0 Å². The van der Waals surface area contributed by atoms with E-state index in [-0.39, 0.29) is 0 Å². The van der Waals surface area contributed by atoms with Crippen LogP contribution in [0.1, 0.15) is 32.1 Å². The number of carbonyl (C=O) groups is 2. The average Bonchev–Trinajstić information content (AvgIpc) is 3.16. The number of hydrogen-bond donors (Lipinski definition) is 2. The lowest BCUT2D eigenvalue weighted by Crippen LogP contribution is -2.49. The van der Waals surface area contributed by atoms with Gasteiger partial charge in [-0.25, -0.2) is 4.79 Å². The zero-order valence-corrected chi connectivity index (χ0v) is 16.7. The van der Waals surface area contributed by atoms with Crippen LogP contribution in [-0.4, -0.2) is 55.2 Å². The number of carbonyl (C=O) groups excluding carboxylic acids is 2. The quantitative estimate of drug-likeness (QED) is 0.755. The molecule has 0 bridgehead atoms. The van der Waals surface area contributed by atoms with Gasteiger partial charge in [0.05, 0.1) is 10.7 Å². The second-order valence-electron chi connectivity index (χ2n) is 7.33. The summed E-state index contributed by atoms with van der Waals surface area (Å²) >= 11 is 6.39. The first-order valence-corrected chi connectivity index (χ1v) is 10.1. The molecule has 1 aromatic rings. The average molecular weight is 433 g/mol. The second-order valence-corrected chi connectivity index (χ2v) is 7.74. The number of hydrogen-bond acceptors (Lipinski definition) is 3. The summed E-state index contributed by atoms with van der Waals surface area (Å²) in [6.45, 7) is 0.767. The molecule has 0 saturated carbocycles. The van der Waals surface area contributed by atoms with Gasteiger partial charge in [0.25, 0.3) is 0 Å². The molecule has 0 aliphatic carbocycles. The molecule has 1 atom stereocenters. The Bertz CT molecular complexity index is 753. The minimum atomic E-state index is -4.49. The predicted octanol–water partition coefficient (Wildman–Crippen LogP) is 4.01. The van der Waals surface area contributed by atoms with E-state index in [1.807, 2.05) is 11.4 Å². The van der Waals surface area contributed by atoms with Crippen LogP contribution >= 0.6 is 11.6 Å². The first-order chi connectivity index (χ1) is 13.7. The number of nitrogens with one attached hydrogen (secondary N) is 2. The van der Waals surface area contributed by atoms with Crippen molar-refractivity contribution in [3.05, 3.63) is 23.2 Å². The molecule has 2 saturated heterocycles.